The number of piperidine rings is 1. The summed E-state index contributed by atoms with van der Waals surface area (Å²) < 4.78 is 5.78. The van der Waals surface area contributed by atoms with Crippen molar-refractivity contribution in [3.63, 3.8) is 0 Å². The number of carbonyl (C=O) groups is 3. The van der Waals surface area contributed by atoms with Crippen molar-refractivity contribution in [2.45, 2.75) is 70.5 Å². The number of phenols is 1. The zero-order valence-corrected chi connectivity index (χ0v) is 37.2. The summed E-state index contributed by atoms with van der Waals surface area (Å²) in [5.41, 5.74) is 7.33. The molecule has 1 aliphatic rings. The first kappa shape index (κ1) is 46.2. The summed E-state index contributed by atoms with van der Waals surface area (Å²) in [4.78, 5) is 57.0. The predicted octanol–water partition coefficient (Wildman–Crippen LogP) is 8.56. The minimum absolute atomic E-state index is 0.00437. The Morgan fingerprint density at radius 1 is 0.831 bits per heavy atom. The second kappa shape index (κ2) is 22.2. The topological polar surface area (TPSA) is 164 Å². The summed E-state index contributed by atoms with van der Waals surface area (Å²) in [5.74, 6) is 0.246. The van der Waals surface area contributed by atoms with E-state index in [0.29, 0.717) is 73.3 Å². The summed E-state index contributed by atoms with van der Waals surface area (Å²) in [6.45, 7) is 4.78. The Kier molecular flexibility index (Phi) is 15.8. The molecule has 6 aromatic rings. The quantitative estimate of drug-likeness (QED) is 0.0574. The number of para-hydroxylation sites is 1. The van der Waals surface area contributed by atoms with Gasteiger partial charge in [0, 0.05) is 62.4 Å². The first-order valence-corrected chi connectivity index (χ1v) is 22.6. The van der Waals surface area contributed by atoms with Crippen LogP contribution in [0.5, 0.6) is 5.75 Å². The van der Waals surface area contributed by atoms with Gasteiger partial charge in [0.2, 0.25) is 17.4 Å². The first-order valence-electron chi connectivity index (χ1n) is 22.6. The van der Waals surface area contributed by atoms with E-state index in [9.17, 15) is 29.4 Å². The highest BCUT2D eigenvalue weighted by Crippen LogP contribution is 2.32. The lowest BCUT2D eigenvalue weighted by Gasteiger charge is -2.31. The van der Waals surface area contributed by atoms with E-state index in [1.807, 2.05) is 78.9 Å². The molecule has 12 heteroatoms. The van der Waals surface area contributed by atoms with E-state index in [0.717, 1.165) is 53.9 Å². The molecule has 0 bridgehead atoms. The molecule has 2 atom stereocenters. The van der Waals surface area contributed by atoms with E-state index in [4.69, 9.17) is 4.74 Å². The molecule has 3 amide bonds. The maximum absolute atomic E-state index is 13.1. The van der Waals surface area contributed by atoms with Gasteiger partial charge >= 0.3 is 6.09 Å². The third-order valence-corrected chi connectivity index (χ3v) is 12.3. The maximum Gasteiger partial charge on any atom is 0.411 e. The van der Waals surface area contributed by atoms with Gasteiger partial charge in [-0.05, 0) is 103 Å². The second-order valence-electron chi connectivity index (χ2n) is 17.1. The van der Waals surface area contributed by atoms with E-state index in [1.165, 1.54) is 17.7 Å². The molecule has 0 radical (unpaired) electrons. The zero-order valence-electron chi connectivity index (χ0n) is 37.2. The smallest absolute Gasteiger partial charge is 0.411 e. The van der Waals surface area contributed by atoms with E-state index in [1.54, 1.807) is 24.1 Å². The molecule has 0 spiro atoms. The van der Waals surface area contributed by atoms with Gasteiger partial charge in [0.1, 0.15) is 11.9 Å². The number of anilines is 2. The summed E-state index contributed by atoms with van der Waals surface area (Å²) >= 11 is 0. The Balaban J connectivity index is 0.761. The Labute approximate surface area is 380 Å². The van der Waals surface area contributed by atoms with Crippen molar-refractivity contribution in [1.29, 1.82) is 0 Å². The molecule has 1 saturated heterocycles. The molecule has 1 unspecified atom stereocenters. The highest BCUT2D eigenvalue weighted by atomic mass is 16.6. The summed E-state index contributed by atoms with van der Waals surface area (Å²) in [7, 11) is 1.77. The molecule has 0 aliphatic carbocycles. The number of nitrogens with one attached hydrogen (secondary N) is 3. The van der Waals surface area contributed by atoms with Crippen molar-refractivity contribution >= 4 is 40.2 Å². The number of likely N-dealkylation sites (tertiary alicyclic amines) is 1. The fraction of sp³-hybridized carbons (Fsp3) is 0.321. The van der Waals surface area contributed by atoms with Crippen molar-refractivity contribution < 1.29 is 29.3 Å². The number of ether oxygens (including phenoxy) is 1. The van der Waals surface area contributed by atoms with Crippen molar-refractivity contribution in [3.05, 3.63) is 160 Å². The van der Waals surface area contributed by atoms with Crippen molar-refractivity contribution in [2.24, 2.45) is 5.92 Å². The number of pyridine rings is 1. The minimum atomic E-state index is -0.722. The maximum atomic E-state index is 13.1. The summed E-state index contributed by atoms with van der Waals surface area (Å²) in [6, 6.07) is 39.8. The predicted molar refractivity (Wildman–Crippen MR) is 256 cm³/mol. The number of nitrogens with zero attached hydrogens (tertiary/aromatic N) is 2. The van der Waals surface area contributed by atoms with E-state index in [-0.39, 0.29) is 35.6 Å². The van der Waals surface area contributed by atoms with Gasteiger partial charge in [-0.2, -0.15) is 0 Å². The van der Waals surface area contributed by atoms with Crippen LogP contribution in [-0.2, 0) is 33.6 Å². The monoisotopic (exact) mass is 877 g/mol. The molecule has 1 aromatic heterocycles. The lowest BCUT2D eigenvalue weighted by atomic mass is 9.92. The molecular weight excluding hydrogens is 819 g/mol. The number of aromatic amines is 1. The van der Waals surface area contributed by atoms with Crippen molar-refractivity contribution in [1.82, 2.24) is 15.2 Å². The molecule has 5 N–H and O–H groups in total. The Bertz CT molecular complexity index is 2590. The lowest BCUT2D eigenvalue weighted by molar-refractivity contribution is -0.120. The number of fused-ring (bicyclic) bond motifs is 1. The zero-order chi connectivity index (χ0) is 45.7. The molecule has 1 aliphatic heterocycles. The molecular formula is C53H59N5O7. The van der Waals surface area contributed by atoms with Crippen LogP contribution in [0.4, 0.5) is 16.2 Å². The van der Waals surface area contributed by atoms with Crippen LogP contribution >= 0.6 is 0 Å². The minimum Gasteiger partial charge on any atom is -0.506 e. The number of aliphatic hydroxyl groups is 1. The lowest BCUT2D eigenvalue weighted by Crippen LogP contribution is -2.40. The second-order valence-corrected chi connectivity index (χ2v) is 17.1. The fourth-order valence-electron chi connectivity index (χ4n) is 8.49. The number of hydrogen-bond acceptors (Lipinski definition) is 8. The van der Waals surface area contributed by atoms with Gasteiger partial charge in [0.05, 0.1) is 23.7 Å². The largest absolute Gasteiger partial charge is 0.506 e. The van der Waals surface area contributed by atoms with Crippen LogP contribution in [0, 0.1) is 5.92 Å². The first-order chi connectivity index (χ1) is 31.5. The number of phenolic OH excluding ortho intramolecular Hbond substituents is 1. The van der Waals surface area contributed by atoms with E-state index < -0.39 is 12.2 Å². The van der Waals surface area contributed by atoms with Crippen LogP contribution in [0.25, 0.3) is 22.0 Å². The van der Waals surface area contributed by atoms with Crippen LogP contribution in [0.2, 0.25) is 0 Å². The van der Waals surface area contributed by atoms with Crippen LogP contribution in [0.1, 0.15) is 67.4 Å². The van der Waals surface area contributed by atoms with Crippen LogP contribution in [-0.4, -0.2) is 77.3 Å². The molecule has 65 heavy (non-hydrogen) atoms. The van der Waals surface area contributed by atoms with Gasteiger partial charge in [-0.15, -0.1) is 0 Å². The molecule has 338 valence electrons. The number of aromatic nitrogens is 1. The molecule has 1 fully saturated rings. The van der Waals surface area contributed by atoms with Gasteiger partial charge in [-0.1, -0.05) is 97.9 Å². The summed E-state index contributed by atoms with van der Waals surface area (Å²) in [5, 5.41) is 27.7. The Hall–Kier alpha value is -6.76. The number of amides is 3. The standard InChI is InChI=1S/C53H59N5O7/c1-36(12-23-47(59)44-21-24-48(60)52-45(44)22-25-49(61)56-52)34-38-15-13-37(14-16-38)26-30-54-50(62)35-39-17-19-41(20-18-39)57(2)51(63)29-33-58-31-27-42(28-32-58)65-53(64)55-46-11-7-6-10-43(46)40-8-4-3-5-9-40/h3-11,13-22,24-25,36,42,47,59-60H,12,23,26-35H2,1-2H3,(H,54,62)(H,55,64)(H,56,61)/t36-,47?/m0/s1. The number of rotatable bonds is 18. The van der Waals surface area contributed by atoms with Crippen molar-refractivity contribution in [3.8, 4) is 16.9 Å². The highest BCUT2D eigenvalue weighted by Gasteiger charge is 2.24. The third kappa shape index (κ3) is 12.9. The molecule has 7 rings (SSSR count). The molecule has 5 aromatic carbocycles. The average Bonchev–Trinajstić information content (AvgIpc) is 3.31. The van der Waals surface area contributed by atoms with Gasteiger partial charge in [-0.3, -0.25) is 19.7 Å². The molecule has 2 heterocycles. The highest BCUT2D eigenvalue weighted by molar-refractivity contribution is 5.93. The molecule has 0 saturated carbocycles. The number of aromatic hydroxyl groups is 1. The van der Waals surface area contributed by atoms with Gasteiger partial charge in [-0.25, -0.2) is 4.79 Å². The van der Waals surface area contributed by atoms with Gasteiger partial charge < -0.3 is 35.1 Å². The SMILES string of the molecule is C[C@@H](CCC(O)c1ccc(O)c2[nH]c(=O)ccc12)Cc1ccc(CCNC(=O)Cc2ccc(N(C)C(=O)CCN3CCC(OC(=O)Nc4ccccc4-c4ccccc4)CC3)cc2)cc1. The third-order valence-electron chi connectivity index (χ3n) is 12.3. The van der Waals surface area contributed by atoms with E-state index in [2.05, 4.69) is 51.7 Å². The Morgan fingerprint density at radius 3 is 2.28 bits per heavy atom. The average molecular weight is 878 g/mol. The van der Waals surface area contributed by atoms with Crippen LogP contribution < -0.4 is 21.1 Å². The van der Waals surface area contributed by atoms with Crippen molar-refractivity contribution in [2.75, 3.05) is 43.4 Å². The number of carbonyl (C=O) groups excluding carboxylic acids is 3. The van der Waals surface area contributed by atoms with Crippen LogP contribution in [0.15, 0.2) is 132 Å². The number of benzene rings is 5. The van der Waals surface area contributed by atoms with E-state index >= 15 is 0 Å². The number of hydrogen-bond donors (Lipinski definition) is 5. The van der Waals surface area contributed by atoms with Gasteiger partial charge in [0.15, 0.2) is 0 Å². The number of H-pyrrole nitrogens is 1. The summed E-state index contributed by atoms with van der Waals surface area (Å²) in [6.07, 6.45) is 3.55. The normalized spacial score (nSPS) is 14.1. The Morgan fingerprint density at radius 2 is 1.52 bits per heavy atom. The molecule has 12 nitrogen and oxygen atoms in total. The number of aliphatic hydroxyl groups excluding tert-OH is 1. The fourth-order valence-corrected chi connectivity index (χ4v) is 8.49. The van der Waals surface area contributed by atoms with Crippen LogP contribution in [0.3, 0.4) is 0 Å². The van der Waals surface area contributed by atoms with Gasteiger partial charge in [0.25, 0.3) is 0 Å².